The maximum atomic E-state index is 13.1. The molecule has 0 spiro atoms. The summed E-state index contributed by atoms with van der Waals surface area (Å²) in [6, 6.07) is 4.58. The van der Waals surface area contributed by atoms with Crippen LogP contribution in [0.1, 0.15) is 24.8 Å². The van der Waals surface area contributed by atoms with Crippen LogP contribution in [-0.4, -0.2) is 18.5 Å². The Hall–Kier alpha value is -1.80. The van der Waals surface area contributed by atoms with Crippen molar-refractivity contribution in [2.75, 3.05) is 6.61 Å². The van der Waals surface area contributed by atoms with Gasteiger partial charge in [0, 0.05) is 12.0 Å². The maximum absolute atomic E-state index is 13.1. The number of Topliss-reactive ketones (excluding diaryl/α,β-unsaturated/α-hetero) is 1. The van der Waals surface area contributed by atoms with Gasteiger partial charge in [0.2, 0.25) is 0 Å². The van der Waals surface area contributed by atoms with Gasteiger partial charge in [0.05, 0.1) is 18.8 Å². The van der Waals surface area contributed by atoms with Gasteiger partial charge in [-0.2, -0.15) is 5.26 Å². The van der Waals surface area contributed by atoms with Crippen LogP contribution in [0.5, 0.6) is 0 Å². The number of halogens is 2. The second-order valence-corrected chi connectivity index (χ2v) is 4.74. The van der Waals surface area contributed by atoms with Gasteiger partial charge in [0.15, 0.2) is 5.78 Å². The average molecular weight is 265 g/mol. The number of ether oxygens (including phenoxy) is 1. The number of rotatable bonds is 3. The predicted octanol–water partition coefficient (Wildman–Crippen LogP) is 2.57. The number of hydrogen-bond acceptors (Lipinski definition) is 3. The highest BCUT2D eigenvalue weighted by Gasteiger charge is 2.34. The van der Waals surface area contributed by atoms with E-state index in [2.05, 4.69) is 0 Å². The van der Waals surface area contributed by atoms with E-state index < -0.39 is 17.6 Å². The molecule has 3 atom stereocenters. The summed E-state index contributed by atoms with van der Waals surface area (Å²) < 4.78 is 31.6. The molecule has 1 aromatic rings. The zero-order valence-electron chi connectivity index (χ0n) is 10.4. The highest BCUT2D eigenvalue weighted by atomic mass is 19.1. The van der Waals surface area contributed by atoms with Crippen LogP contribution >= 0.6 is 0 Å². The van der Waals surface area contributed by atoms with Gasteiger partial charge in [-0.25, -0.2) is 8.78 Å². The van der Waals surface area contributed by atoms with Crippen LogP contribution in [0.15, 0.2) is 18.2 Å². The summed E-state index contributed by atoms with van der Waals surface area (Å²) in [4.78, 5) is 12.2. The Morgan fingerprint density at radius 2 is 2.05 bits per heavy atom. The smallest absolute Gasteiger partial charge is 0.159 e. The van der Waals surface area contributed by atoms with Crippen molar-refractivity contribution in [2.24, 2.45) is 5.92 Å². The molecule has 1 aliphatic rings. The fourth-order valence-corrected chi connectivity index (χ4v) is 2.30. The fraction of sp³-hybridized carbons (Fsp3) is 0.429. The maximum Gasteiger partial charge on any atom is 0.159 e. The number of hydrogen-bond donors (Lipinski definition) is 0. The molecule has 3 unspecified atom stereocenters. The van der Waals surface area contributed by atoms with Crippen LogP contribution in [0.25, 0.3) is 0 Å². The highest BCUT2D eigenvalue weighted by molar-refractivity contribution is 5.90. The summed E-state index contributed by atoms with van der Waals surface area (Å²) in [5.41, 5.74) is 0.0598. The summed E-state index contributed by atoms with van der Waals surface area (Å²) in [6.45, 7) is 2.10. The Morgan fingerprint density at radius 1 is 1.42 bits per heavy atom. The van der Waals surface area contributed by atoms with E-state index in [-0.39, 0.29) is 30.0 Å². The van der Waals surface area contributed by atoms with Crippen molar-refractivity contribution >= 4 is 5.78 Å². The third kappa shape index (κ3) is 2.96. The molecular weight excluding hydrogens is 252 g/mol. The van der Waals surface area contributed by atoms with Crippen LogP contribution in [0.4, 0.5) is 8.78 Å². The summed E-state index contributed by atoms with van der Waals surface area (Å²) >= 11 is 0. The van der Waals surface area contributed by atoms with Crippen LogP contribution in [0, 0.1) is 28.9 Å². The molecule has 0 aliphatic carbocycles. The number of carbonyl (C=O) groups excluding carboxylic acids is 1. The van der Waals surface area contributed by atoms with E-state index in [1.807, 2.05) is 13.0 Å². The van der Waals surface area contributed by atoms with Gasteiger partial charge in [-0.15, -0.1) is 0 Å². The van der Waals surface area contributed by atoms with Crippen LogP contribution < -0.4 is 0 Å². The van der Waals surface area contributed by atoms with Crippen molar-refractivity contribution in [2.45, 2.75) is 25.4 Å². The Balaban J connectivity index is 2.25. The van der Waals surface area contributed by atoms with Crippen molar-refractivity contribution in [1.82, 2.24) is 0 Å². The number of carbonyl (C=O) groups is 1. The number of benzene rings is 1. The number of nitriles is 1. The second kappa shape index (κ2) is 5.45. The second-order valence-electron chi connectivity index (χ2n) is 4.74. The highest BCUT2D eigenvalue weighted by Crippen LogP contribution is 2.28. The molecule has 19 heavy (non-hydrogen) atoms. The first-order valence-corrected chi connectivity index (χ1v) is 6.02. The molecule has 5 heteroatoms. The molecule has 2 rings (SSSR count). The molecule has 1 aromatic carbocycles. The quantitative estimate of drug-likeness (QED) is 0.844. The van der Waals surface area contributed by atoms with Gasteiger partial charge in [0.25, 0.3) is 0 Å². The van der Waals surface area contributed by atoms with Crippen LogP contribution in [0.3, 0.4) is 0 Å². The first-order chi connectivity index (χ1) is 9.01. The van der Waals surface area contributed by atoms with Crippen molar-refractivity contribution in [3.8, 4) is 6.07 Å². The summed E-state index contributed by atoms with van der Waals surface area (Å²) in [6.07, 6.45) is 0.506. The lowest BCUT2D eigenvalue weighted by molar-refractivity contribution is -0.123. The van der Waals surface area contributed by atoms with E-state index in [0.29, 0.717) is 12.5 Å². The van der Waals surface area contributed by atoms with Gasteiger partial charge in [-0.3, -0.25) is 4.79 Å². The normalized spacial score (nSPS) is 23.9. The third-order valence-corrected chi connectivity index (χ3v) is 3.23. The molecule has 1 heterocycles. The third-order valence-electron chi connectivity index (χ3n) is 3.23. The number of ketones is 1. The molecule has 1 aliphatic heterocycles. The Bertz CT molecular complexity index is 518. The van der Waals surface area contributed by atoms with Gasteiger partial charge in [-0.05, 0) is 31.0 Å². The lowest BCUT2D eigenvalue weighted by Gasteiger charge is -2.13. The van der Waals surface area contributed by atoms with E-state index >= 15 is 0 Å². The van der Waals surface area contributed by atoms with E-state index in [1.54, 1.807) is 0 Å². The lowest BCUT2D eigenvalue weighted by Crippen LogP contribution is -2.22. The van der Waals surface area contributed by atoms with Crippen molar-refractivity contribution in [3.63, 3.8) is 0 Å². The van der Waals surface area contributed by atoms with E-state index in [9.17, 15) is 13.6 Å². The molecule has 0 bridgehead atoms. The molecule has 100 valence electrons. The monoisotopic (exact) mass is 265 g/mol. The van der Waals surface area contributed by atoms with Crippen LogP contribution in [-0.2, 0) is 9.53 Å². The SMILES string of the molecule is CC1CC(C(=O)C(C#N)c2cc(F)cc(F)c2)CO1. The van der Waals surface area contributed by atoms with Crippen molar-refractivity contribution in [1.29, 1.82) is 5.26 Å². The predicted molar refractivity (Wildman–Crippen MR) is 63.2 cm³/mol. The first kappa shape index (κ1) is 13.6. The summed E-state index contributed by atoms with van der Waals surface area (Å²) in [5, 5.41) is 9.10. The molecule has 0 aromatic heterocycles. The Labute approximate surface area is 109 Å². The fourth-order valence-electron chi connectivity index (χ4n) is 2.30. The minimum Gasteiger partial charge on any atom is -0.378 e. The molecule has 0 radical (unpaired) electrons. The number of nitrogens with zero attached hydrogens (tertiary/aromatic N) is 1. The largest absolute Gasteiger partial charge is 0.378 e. The van der Waals surface area contributed by atoms with Gasteiger partial charge in [-0.1, -0.05) is 0 Å². The van der Waals surface area contributed by atoms with Crippen LogP contribution in [0.2, 0.25) is 0 Å². The summed E-state index contributed by atoms with van der Waals surface area (Å²) in [5.74, 6) is -3.45. The first-order valence-electron chi connectivity index (χ1n) is 6.02. The Morgan fingerprint density at radius 3 is 2.53 bits per heavy atom. The van der Waals surface area contributed by atoms with E-state index in [4.69, 9.17) is 10.00 Å². The molecule has 0 amide bonds. The average Bonchev–Trinajstić information content (AvgIpc) is 2.75. The van der Waals surface area contributed by atoms with E-state index in [1.165, 1.54) is 0 Å². The van der Waals surface area contributed by atoms with Crippen molar-refractivity contribution in [3.05, 3.63) is 35.4 Å². The minimum absolute atomic E-state index is 0.0301. The van der Waals surface area contributed by atoms with Gasteiger partial charge >= 0.3 is 0 Å². The lowest BCUT2D eigenvalue weighted by atomic mass is 9.87. The van der Waals surface area contributed by atoms with E-state index in [0.717, 1.165) is 12.1 Å². The molecule has 1 fully saturated rings. The Kier molecular flexibility index (Phi) is 3.91. The standard InChI is InChI=1S/C14H13F2NO2/c1-8-2-10(7-19-8)14(18)13(6-17)9-3-11(15)5-12(16)4-9/h3-5,8,10,13H,2,7H2,1H3. The molecule has 0 saturated carbocycles. The summed E-state index contributed by atoms with van der Waals surface area (Å²) in [7, 11) is 0. The van der Waals surface area contributed by atoms with Crippen molar-refractivity contribution < 1.29 is 18.3 Å². The topological polar surface area (TPSA) is 50.1 Å². The van der Waals surface area contributed by atoms with Gasteiger partial charge < -0.3 is 4.74 Å². The van der Waals surface area contributed by atoms with Gasteiger partial charge in [0.1, 0.15) is 17.6 Å². The minimum atomic E-state index is -1.15. The molecule has 1 saturated heterocycles. The molecular formula is C14H13F2NO2. The zero-order chi connectivity index (χ0) is 14.0. The zero-order valence-corrected chi connectivity index (χ0v) is 10.4. The molecule has 3 nitrogen and oxygen atoms in total. The molecule has 0 N–H and O–H groups in total.